The first-order valence-electron chi connectivity index (χ1n) is 7.89. The zero-order valence-corrected chi connectivity index (χ0v) is 13.6. The summed E-state index contributed by atoms with van der Waals surface area (Å²) in [5, 5.41) is 7.01. The molecule has 1 amide bonds. The number of aryl methyl sites for hydroxylation is 1. The average molecular weight is 314 g/mol. The van der Waals surface area contributed by atoms with E-state index in [2.05, 4.69) is 25.3 Å². The van der Waals surface area contributed by atoms with Crippen LogP contribution in [0.4, 0.5) is 0 Å². The Morgan fingerprint density at radius 2 is 2.35 bits per heavy atom. The Balaban J connectivity index is 1.71. The number of nitrogens with one attached hydrogen (secondary N) is 1. The van der Waals surface area contributed by atoms with Gasteiger partial charge in [0.25, 0.3) is 0 Å². The van der Waals surface area contributed by atoms with Crippen molar-refractivity contribution >= 4 is 5.91 Å². The lowest BCUT2D eigenvalue weighted by Gasteiger charge is -2.22. The molecule has 3 heterocycles. The molecule has 7 nitrogen and oxygen atoms in total. The van der Waals surface area contributed by atoms with Crippen LogP contribution in [0.15, 0.2) is 24.7 Å². The molecule has 1 saturated heterocycles. The van der Waals surface area contributed by atoms with Gasteiger partial charge in [0.05, 0.1) is 24.5 Å². The average Bonchev–Trinajstić information content (AvgIpc) is 3.15. The normalized spacial score (nSPS) is 18.3. The van der Waals surface area contributed by atoms with Gasteiger partial charge in [-0.2, -0.15) is 5.10 Å². The predicted octanol–water partition coefficient (Wildman–Crippen LogP) is 1.18. The highest BCUT2D eigenvalue weighted by atomic mass is 16.1. The highest BCUT2D eigenvalue weighted by Crippen LogP contribution is 2.31. The molecule has 1 atom stereocenters. The Bertz CT molecular complexity index is 683. The molecule has 0 aromatic carbocycles. The molecule has 0 radical (unpaired) electrons. The van der Waals surface area contributed by atoms with Crippen LogP contribution in [-0.2, 0) is 24.9 Å². The first kappa shape index (κ1) is 15.6. The van der Waals surface area contributed by atoms with Crippen LogP contribution in [0.1, 0.15) is 42.9 Å². The first-order valence-corrected chi connectivity index (χ1v) is 7.89. The van der Waals surface area contributed by atoms with Crippen LogP contribution in [-0.4, -0.2) is 37.1 Å². The summed E-state index contributed by atoms with van der Waals surface area (Å²) >= 11 is 0. The van der Waals surface area contributed by atoms with Gasteiger partial charge in [-0.3, -0.25) is 14.4 Å². The molecular formula is C16H22N6O. The van der Waals surface area contributed by atoms with Gasteiger partial charge in [-0.25, -0.2) is 9.97 Å². The van der Waals surface area contributed by atoms with Crippen molar-refractivity contribution in [3.8, 4) is 0 Å². The van der Waals surface area contributed by atoms with Crippen LogP contribution in [0.5, 0.6) is 0 Å². The van der Waals surface area contributed by atoms with Crippen LogP contribution in [0.25, 0.3) is 0 Å². The topological polar surface area (TPSA) is 75.9 Å². The van der Waals surface area contributed by atoms with E-state index >= 15 is 0 Å². The number of amides is 1. The molecule has 2 aromatic heterocycles. The van der Waals surface area contributed by atoms with E-state index in [1.165, 1.54) is 12.5 Å². The molecule has 7 heteroatoms. The molecule has 3 rings (SSSR count). The summed E-state index contributed by atoms with van der Waals surface area (Å²) in [5.74, 6) is 0.790. The highest BCUT2D eigenvalue weighted by Gasteiger charge is 2.28. The lowest BCUT2D eigenvalue weighted by molar-refractivity contribution is -0.119. The molecule has 1 aliphatic rings. The van der Waals surface area contributed by atoms with Crippen molar-refractivity contribution in [1.29, 1.82) is 0 Å². The van der Waals surface area contributed by atoms with Crippen molar-refractivity contribution in [2.45, 2.75) is 38.9 Å². The Kier molecular flexibility index (Phi) is 4.66. The minimum atomic E-state index is -0.0516. The van der Waals surface area contributed by atoms with Crippen LogP contribution in [0.2, 0.25) is 0 Å². The van der Waals surface area contributed by atoms with E-state index in [0.29, 0.717) is 6.54 Å². The van der Waals surface area contributed by atoms with Gasteiger partial charge >= 0.3 is 0 Å². The monoisotopic (exact) mass is 314 g/mol. The van der Waals surface area contributed by atoms with Gasteiger partial charge in [-0.05, 0) is 25.5 Å². The van der Waals surface area contributed by atoms with E-state index < -0.39 is 0 Å². The molecule has 1 N–H and O–H groups in total. The fourth-order valence-corrected chi connectivity index (χ4v) is 2.98. The van der Waals surface area contributed by atoms with Gasteiger partial charge in [-0.15, -0.1) is 0 Å². The maximum absolute atomic E-state index is 11.0. The largest absolute Gasteiger partial charge is 0.351 e. The minimum Gasteiger partial charge on any atom is -0.351 e. The van der Waals surface area contributed by atoms with Crippen molar-refractivity contribution < 1.29 is 4.79 Å². The zero-order chi connectivity index (χ0) is 16.2. The number of hydrogen-bond donors (Lipinski definition) is 1. The Morgan fingerprint density at radius 3 is 3.09 bits per heavy atom. The summed E-state index contributed by atoms with van der Waals surface area (Å²) in [6.45, 7) is 3.85. The maximum Gasteiger partial charge on any atom is 0.217 e. The van der Waals surface area contributed by atoms with E-state index in [4.69, 9.17) is 0 Å². The van der Waals surface area contributed by atoms with Gasteiger partial charge in [0.1, 0.15) is 5.82 Å². The van der Waals surface area contributed by atoms with E-state index in [-0.39, 0.29) is 11.9 Å². The molecule has 0 bridgehead atoms. The number of nitrogens with zero attached hydrogens (tertiary/aromatic N) is 5. The number of carbonyl (C=O) groups is 1. The second kappa shape index (κ2) is 6.87. The molecule has 0 unspecified atom stereocenters. The Labute approximate surface area is 135 Å². The second-order valence-electron chi connectivity index (χ2n) is 5.97. The van der Waals surface area contributed by atoms with Crippen molar-refractivity contribution in [1.82, 2.24) is 30.0 Å². The molecule has 1 fully saturated rings. The summed E-state index contributed by atoms with van der Waals surface area (Å²) in [6, 6.07) is 2.08. The lowest BCUT2D eigenvalue weighted by atomic mass is 10.2. The van der Waals surface area contributed by atoms with Crippen LogP contribution in [0.3, 0.4) is 0 Å². The summed E-state index contributed by atoms with van der Waals surface area (Å²) in [4.78, 5) is 22.5. The summed E-state index contributed by atoms with van der Waals surface area (Å²) < 4.78 is 1.82. The molecule has 1 aliphatic heterocycles. The van der Waals surface area contributed by atoms with Crippen molar-refractivity contribution in [3.63, 3.8) is 0 Å². The van der Waals surface area contributed by atoms with Gasteiger partial charge in [0.2, 0.25) is 5.91 Å². The second-order valence-corrected chi connectivity index (χ2v) is 5.97. The molecule has 0 saturated carbocycles. The van der Waals surface area contributed by atoms with E-state index in [1.807, 2.05) is 30.2 Å². The molecular weight excluding hydrogens is 292 g/mol. The SMILES string of the molecule is CC(=O)NCc1ccnc([C@@H]2CCCN2Cc2cnn(C)c2)n1. The summed E-state index contributed by atoms with van der Waals surface area (Å²) in [7, 11) is 1.93. The Morgan fingerprint density at radius 1 is 1.48 bits per heavy atom. The first-order chi connectivity index (χ1) is 11.1. The van der Waals surface area contributed by atoms with Crippen molar-refractivity contribution in [2.24, 2.45) is 7.05 Å². The third-order valence-electron chi connectivity index (χ3n) is 4.06. The standard InChI is InChI=1S/C16H22N6O/c1-12(23)18-9-14-5-6-17-16(20-14)15-4-3-7-22(15)11-13-8-19-21(2)10-13/h5-6,8,10,15H,3-4,7,9,11H2,1-2H3,(H,18,23)/t15-/m0/s1. The molecule has 2 aromatic rings. The van der Waals surface area contributed by atoms with Crippen LogP contribution >= 0.6 is 0 Å². The molecule has 0 aliphatic carbocycles. The number of aromatic nitrogens is 4. The van der Waals surface area contributed by atoms with Crippen LogP contribution < -0.4 is 5.32 Å². The van der Waals surface area contributed by atoms with Gasteiger partial charge in [-0.1, -0.05) is 0 Å². The number of rotatable bonds is 5. The minimum absolute atomic E-state index is 0.0516. The lowest BCUT2D eigenvalue weighted by Crippen LogP contribution is -2.25. The number of carbonyl (C=O) groups excluding carboxylic acids is 1. The van der Waals surface area contributed by atoms with Gasteiger partial charge in [0.15, 0.2) is 0 Å². The number of hydrogen-bond acceptors (Lipinski definition) is 5. The van der Waals surface area contributed by atoms with Crippen molar-refractivity contribution in [3.05, 3.63) is 41.7 Å². The molecule has 122 valence electrons. The zero-order valence-electron chi connectivity index (χ0n) is 13.6. The summed E-state index contributed by atoms with van der Waals surface area (Å²) in [6.07, 6.45) is 7.93. The van der Waals surface area contributed by atoms with Gasteiger partial charge < -0.3 is 5.32 Å². The Hall–Kier alpha value is -2.28. The fourth-order valence-electron chi connectivity index (χ4n) is 2.98. The molecule has 0 spiro atoms. The van der Waals surface area contributed by atoms with E-state index in [0.717, 1.165) is 37.4 Å². The highest BCUT2D eigenvalue weighted by molar-refractivity contribution is 5.72. The van der Waals surface area contributed by atoms with Crippen LogP contribution in [0, 0.1) is 0 Å². The van der Waals surface area contributed by atoms with E-state index in [9.17, 15) is 4.79 Å². The quantitative estimate of drug-likeness (QED) is 0.897. The van der Waals surface area contributed by atoms with E-state index in [1.54, 1.807) is 6.20 Å². The maximum atomic E-state index is 11.0. The summed E-state index contributed by atoms with van der Waals surface area (Å²) in [5.41, 5.74) is 2.05. The molecule has 23 heavy (non-hydrogen) atoms. The third-order valence-corrected chi connectivity index (χ3v) is 4.06. The smallest absolute Gasteiger partial charge is 0.217 e. The predicted molar refractivity (Wildman–Crippen MR) is 85.1 cm³/mol. The van der Waals surface area contributed by atoms with Crippen molar-refractivity contribution in [2.75, 3.05) is 6.54 Å². The van der Waals surface area contributed by atoms with Gasteiger partial charge in [0, 0.05) is 38.5 Å². The fraction of sp³-hybridized carbons (Fsp3) is 0.500. The number of likely N-dealkylation sites (tertiary alicyclic amines) is 1. The third kappa shape index (κ3) is 3.92.